The molecule has 2 aromatic heterocycles. The van der Waals surface area contributed by atoms with Crippen LogP contribution in [0.1, 0.15) is 44.4 Å². The summed E-state index contributed by atoms with van der Waals surface area (Å²) in [6, 6.07) is 2.30. The number of hydrogen-bond donors (Lipinski definition) is 2. The van der Waals surface area contributed by atoms with Crippen LogP contribution in [0.15, 0.2) is 35.1 Å². The summed E-state index contributed by atoms with van der Waals surface area (Å²) >= 11 is 6.27. The zero-order valence-corrected chi connectivity index (χ0v) is 17.7. The van der Waals surface area contributed by atoms with E-state index in [2.05, 4.69) is 15.7 Å². The normalized spacial score (nSPS) is 19.3. The van der Waals surface area contributed by atoms with E-state index >= 15 is 0 Å². The van der Waals surface area contributed by atoms with Gasteiger partial charge in [-0.1, -0.05) is 37.0 Å². The van der Waals surface area contributed by atoms with Crippen LogP contribution >= 0.6 is 24.0 Å². The van der Waals surface area contributed by atoms with Crippen molar-refractivity contribution in [2.45, 2.75) is 39.2 Å². The van der Waals surface area contributed by atoms with E-state index < -0.39 is 0 Å². The highest BCUT2D eigenvalue weighted by Crippen LogP contribution is 2.30. The number of nitrogens with zero attached hydrogens (tertiary/aromatic N) is 3. The molecular weight excluding hydrogens is 409 g/mol. The topological polar surface area (TPSA) is 71.3 Å². The van der Waals surface area contributed by atoms with Gasteiger partial charge in [-0.05, 0) is 43.9 Å². The van der Waals surface area contributed by atoms with Gasteiger partial charge in [-0.2, -0.15) is 9.61 Å². The second kappa shape index (κ2) is 8.08. The molecule has 1 aliphatic heterocycles. The first-order valence-electron chi connectivity index (χ1n) is 9.39. The molecule has 0 spiro atoms. The average molecular weight is 430 g/mol. The zero-order chi connectivity index (χ0) is 20.5. The number of thioether (sulfide) groups is 1. The number of anilines is 1. The number of carbonyl (C=O) groups is 1. The van der Waals surface area contributed by atoms with Gasteiger partial charge in [0.1, 0.15) is 10.1 Å². The van der Waals surface area contributed by atoms with Crippen LogP contribution < -0.4 is 10.6 Å². The van der Waals surface area contributed by atoms with Crippen LogP contribution in [0, 0.1) is 0 Å². The van der Waals surface area contributed by atoms with Crippen molar-refractivity contribution < 1.29 is 9.18 Å². The van der Waals surface area contributed by atoms with Crippen molar-refractivity contribution in [3.8, 4) is 0 Å². The van der Waals surface area contributed by atoms with E-state index in [1.165, 1.54) is 24.8 Å². The summed E-state index contributed by atoms with van der Waals surface area (Å²) in [7, 11) is 0. The number of thiocarbonyl (C=S) groups is 1. The molecule has 0 bridgehead atoms. The molecule has 3 heterocycles. The van der Waals surface area contributed by atoms with Crippen LogP contribution in [0.2, 0.25) is 0 Å². The smallest absolute Gasteiger partial charge is 0.263 e. The molecule has 1 saturated carbocycles. The highest BCUT2D eigenvalue weighted by Gasteiger charge is 2.25. The summed E-state index contributed by atoms with van der Waals surface area (Å²) in [5, 5.41) is 10.5. The van der Waals surface area contributed by atoms with Crippen molar-refractivity contribution in [2.24, 2.45) is 0 Å². The number of allylic oxidation sites excluding steroid dienone is 4. The van der Waals surface area contributed by atoms with Crippen molar-refractivity contribution in [3.63, 3.8) is 0 Å². The summed E-state index contributed by atoms with van der Waals surface area (Å²) in [6.07, 6.45) is 9.79. The second-order valence-corrected chi connectivity index (χ2v) is 8.65. The van der Waals surface area contributed by atoms with Crippen molar-refractivity contribution in [1.29, 1.82) is 0 Å². The first kappa shape index (κ1) is 19.8. The van der Waals surface area contributed by atoms with Gasteiger partial charge in [-0.3, -0.25) is 4.79 Å². The fraction of sp³-hybridized carbons (Fsp3) is 0.300. The minimum Gasteiger partial charge on any atom is -0.367 e. The minimum absolute atomic E-state index is 0.227. The van der Waals surface area contributed by atoms with Gasteiger partial charge < -0.3 is 10.6 Å². The van der Waals surface area contributed by atoms with Crippen molar-refractivity contribution >= 4 is 57.3 Å². The third-order valence-electron chi connectivity index (χ3n) is 4.43. The first-order valence-corrected chi connectivity index (χ1v) is 10.6. The molecule has 2 fully saturated rings. The van der Waals surface area contributed by atoms with Gasteiger partial charge in [0.15, 0.2) is 5.65 Å². The summed E-state index contributed by atoms with van der Waals surface area (Å²) in [6.45, 7) is 3.41. The van der Waals surface area contributed by atoms with Gasteiger partial charge in [0.2, 0.25) is 0 Å². The van der Waals surface area contributed by atoms with E-state index in [9.17, 15) is 9.18 Å². The Hall–Kier alpha value is -2.52. The van der Waals surface area contributed by atoms with Gasteiger partial charge in [0, 0.05) is 17.7 Å². The minimum atomic E-state index is -0.286. The van der Waals surface area contributed by atoms with Gasteiger partial charge in [0.25, 0.3) is 5.91 Å². The molecule has 4 rings (SSSR count). The SMILES string of the molecule is CC/C=C(\C=C(/C)F)c1cc(NC2CC2)n2ncc(/C=C3\SC(=S)NC3=O)c2n1. The summed E-state index contributed by atoms with van der Waals surface area (Å²) in [4.78, 5) is 17.3. The van der Waals surface area contributed by atoms with E-state index in [1.54, 1.807) is 16.8 Å². The monoisotopic (exact) mass is 429 g/mol. The fourth-order valence-corrected chi connectivity index (χ4v) is 4.04. The first-order chi connectivity index (χ1) is 13.9. The van der Waals surface area contributed by atoms with Gasteiger partial charge >= 0.3 is 0 Å². The Balaban J connectivity index is 1.86. The van der Waals surface area contributed by atoms with Crippen LogP contribution in [0.5, 0.6) is 0 Å². The number of nitrogens with one attached hydrogen (secondary N) is 2. The lowest BCUT2D eigenvalue weighted by Crippen LogP contribution is -2.17. The van der Waals surface area contributed by atoms with Gasteiger partial charge in [-0.25, -0.2) is 9.37 Å². The third-order valence-corrected chi connectivity index (χ3v) is 5.59. The molecule has 150 valence electrons. The lowest BCUT2D eigenvalue weighted by molar-refractivity contribution is -0.115. The van der Waals surface area contributed by atoms with Crippen LogP contribution in [0.4, 0.5) is 10.2 Å². The van der Waals surface area contributed by atoms with E-state index in [0.29, 0.717) is 37.7 Å². The number of aromatic nitrogens is 3. The summed E-state index contributed by atoms with van der Waals surface area (Å²) in [5.74, 6) is 0.281. The average Bonchev–Trinajstić information content (AvgIpc) is 3.29. The number of fused-ring (bicyclic) bond motifs is 1. The predicted molar refractivity (Wildman–Crippen MR) is 119 cm³/mol. The molecule has 2 aromatic rings. The molecule has 2 N–H and O–H groups in total. The van der Waals surface area contributed by atoms with Crippen LogP contribution in [0.3, 0.4) is 0 Å². The maximum Gasteiger partial charge on any atom is 0.263 e. The molecular formula is C20H20FN5OS2. The standard InChI is InChI=1S/C20H20FN5OS2/c1-3-4-12(7-11(2)21)15-9-17(23-14-5-6-14)26-18(24-15)13(10-22-26)8-16-19(27)25-20(28)29-16/h4,7-10,14,23H,3,5-6H2,1-2H3,(H,25,27,28)/b11-7+,12-4+,16-8-. The quantitative estimate of drug-likeness (QED) is 0.401. The van der Waals surface area contributed by atoms with Crippen LogP contribution in [0.25, 0.3) is 17.3 Å². The highest BCUT2D eigenvalue weighted by molar-refractivity contribution is 8.26. The number of hydrogen-bond acceptors (Lipinski definition) is 6. The number of amides is 1. The summed E-state index contributed by atoms with van der Waals surface area (Å²) in [5.41, 5.74) is 2.66. The maximum atomic E-state index is 13.7. The molecule has 1 amide bonds. The van der Waals surface area contributed by atoms with E-state index in [-0.39, 0.29) is 11.7 Å². The van der Waals surface area contributed by atoms with E-state index in [0.717, 1.165) is 25.1 Å². The van der Waals surface area contributed by atoms with Crippen molar-refractivity contribution in [1.82, 2.24) is 19.9 Å². The van der Waals surface area contributed by atoms with E-state index in [1.807, 2.05) is 19.1 Å². The van der Waals surface area contributed by atoms with Gasteiger partial charge in [0.05, 0.1) is 22.6 Å². The Labute approximate surface area is 177 Å². The van der Waals surface area contributed by atoms with Crippen LogP contribution in [-0.4, -0.2) is 30.9 Å². The molecule has 0 radical (unpaired) electrons. The molecule has 29 heavy (non-hydrogen) atoms. The summed E-state index contributed by atoms with van der Waals surface area (Å²) < 4.78 is 15.8. The molecule has 0 atom stereocenters. The van der Waals surface area contributed by atoms with E-state index in [4.69, 9.17) is 17.2 Å². The third kappa shape index (κ3) is 4.40. The lowest BCUT2D eigenvalue weighted by Gasteiger charge is -2.11. The molecule has 6 nitrogen and oxygen atoms in total. The van der Waals surface area contributed by atoms with Crippen molar-refractivity contribution in [2.75, 3.05) is 5.32 Å². The molecule has 1 aliphatic carbocycles. The number of rotatable bonds is 6. The highest BCUT2D eigenvalue weighted by atomic mass is 32.2. The Morgan fingerprint density at radius 2 is 2.31 bits per heavy atom. The molecule has 0 aromatic carbocycles. The second-order valence-electron chi connectivity index (χ2n) is 6.93. The van der Waals surface area contributed by atoms with Gasteiger partial charge in [-0.15, -0.1) is 0 Å². The Morgan fingerprint density at radius 3 is 2.93 bits per heavy atom. The largest absolute Gasteiger partial charge is 0.367 e. The number of halogens is 1. The van der Waals surface area contributed by atoms with Crippen molar-refractivity contribution in [3.05, 3.63) is 46.4 Å². The number of carbonyl (C=O) groups excluding carboxylic acids is 1. The Kier molecular flexibility index (Phi) is 5.51. The molecule has 2 aliphatic rings. The Morgan fingerprint density at radius 1 is 1.52 bits per heavy atom. The maximum absolute atomic E-state index is 13.7. The molecule has 9 heteroatoms. The fourth-order valence-electron chi connectivity index (χ4n) is 3.00. The lowest BCUT2D eigenvalue weighted by atomic mass is 10.1. The van der Waals surface area contributed by atoms with Crippen LogP contribution in [-0.2, 0) is 4.79 Å². The molecule has 1 saturated heterocycles. The molecule has 0 unspecified atom stereocenters. The zero-order valence-electron chi connectivity index (χ0n) is 16.0. The Bertz CT molecular complexity index is 1090. The predicted octanol–water partition coefficient (Wildman–Crippen LogP) is 4.46.